The molecular formula is C27H34N2O4S. The molecular weight excluding hydrogens is 448 g/mol. The molecule has 0 N–H and O–H groups in total. The molecule has 182 valence electrons. The summed E-state index contributed by atoms with van der Waals surface area (Å²) in [4.78, 5) is 14.8. The predicted molar refractivity (Wildman–Crippen MR) is 136 cm³/mol. The van der Waals surface area contributed by atoms with Crippen molar-refractivity contribution in [3.8, 4) is 0 Å². The van der Waals surface area contributed by atoms with Crippen LogP contribution in [0.25, 0.3) is 11.0 Å². The van der Waals surface area contributed by atoms with Gasteiger partial charge in [0.1, 0.15) is 5.58 Å². The van der Waals surface area contributed by atoms with Gasteiger partial charge in [-0.2, -0.15) is 4.31 Å². The summed E-state index contributed by atoms with van der Waals surface area (Å²) in [5, 5.41) is 0.953. The van der Waals surface area contributed by atoms with Gasteiger partial charge >= 0.3 is 5.63 Å². The number of hydrogen-bond donors (Lipinski definition) is 0. The zero-order valence-electron chi connectivity index (χ0n) is 20.7. The van der Waals surface area contributed by atoms with Crippen molar-refractivity contribution in [3.63, 3.8) is 0 Å². The Bertz CT molecular complexity index is 1330. The Morgan fingerprint density at radius 3 is 2.15 bits per heavy atom. The minimum atomic E-state index is -3.52. The molecule has 1 fully saturated rings. The van der Waals surface area contributed by atoms with E-state index in [0.717, 1.165) is 22.1 Å². The zero-order valence-corrected chi connectivity index (χ0v) is 21.5. The van der Waals surface area contributed by atoms with E-state index in [4.69, 9.17) is 4.42 Å². The van der Waals surface area contributed by atoms with Crippen LogP contribution < -0.4 is 5.63 Å². The second-order valence-electron chi connectivity index (χ2n) is 9.85. The molecule has 3 aromatic rings. The number of sulfonamides is 1. The van der Waals surface area contributed by atoms with Gasteiger partial charge in [0.2, 0.25) is 10.0 Å². The average molecular weight is 483 g/mol. The Morgan fingerprint density at radius 2 is 1.56 bits per heavy atom. The van der Waals surface area contributed by atoms with Gasteiger partial charge in [-0.15, -0.1) is 0 Å². The van der Waals surface area contributed by atoms with E-state index in [1.165, 1.54) is 5.56 Å². The van der Waals surface area contributed by atoms with Gasteiger partial charge in [0.25, 0.3) is 0 Å². The van der Waals surface area contributed by atoms with Gasteiger partial charge in [0.15, 0.2) is 0 Å². The highest BCUT2D eigenvalue weighted by Crippen LogP contribution is 2.28. The van der Waals surface area contributed by atoms with E-state index >= 15 is 0 Å². The van der Waals surface area contributed by atoms with Crippen LogP contribution in [-0.2, 0) is 16.6 Å². The van der Waals surface area contributed by atoms with E-state index in [1.54, 1.807) is 22.5 Å². The maximum Gasteiger partial charge on any atom is 0.336 e. The lowest BCUT2D eigenvalue weighted by Gasteiger charge is -2.34. The fourth-order valence-electron chi connectivity index (χ4n) is 4.69. The molecule has 0 spiro atoms. The summed E-state index contributed by atoms with van der Waals surface area (Å²) in [7, 11) is -3.52. The first-order chi connectivity index (χ1) is 16.1. The van der Waals surface area contributed by atoms with Crippen LogP contribution in [-0.4, -0.2) is 43.8 Å². The molecule has 0 unspecified atom stereocenters. The van der Waals surface area contributed by atoms with Crippen molar-refractivity contribution in [2.75, 3.05) is 26.2 Å². The molecule has 0 aliphatic carbocycles. The van der Waals surface area contributed by atoms with E-state index in [2.05, 4.69) is 38.7 Å². The quantitative estimate of drug-likeness (QED) is 0.470. The van der Waals surface area contributed by atoms with Gasteiger partial charge in [-0.05, 0) is 65.3 Å². The van der Waals surface area contributed by atoms with Crippen molar-refractivity contribution >= 4 is 21.0 Å². The molecule has 1 aliphatic rings. The molecule has 7 heteroatoms. The van der Waals surface area contributed by atoms with Crippen LogP contribution in [0.3, 0.4) is 0 Å². The standard InChI is InChI=1S/C27H34N2O4S/c1-18(2)21-6-8-23(9-7-21)34(31,32)29-12-10-28(11-13-29)17-22-15-27(30)33-26-14-20(5)24(19(3)4)16-25(22)26/h6-9,14-16,18-19H,10-13,17H2,1-5H3. The minimum absolute atomic E-state index is 0.341. The molecule has 2 aromatic carbocycles. The number of nitrogens with zero attached hydrogens (tertiary/aromatic N) is 2. The van der Waals surface area contributed by atoms with Gasteiger partial charge in [0, 0.05) is 44.2 Å². The molecule has 1 aromatic heterocycles. The molecule has 2 heterocycles. The second kappa shape index (κ2) is 9.64. The molecule has 0 amide bonds. The van der Waals surface area contributed by atoms with Crippen molar-refractivity contribution in [2.45, 2.75) is 57.9 Å². The minimum Gasteiger partial charge on any atom is -0.423 e. The van der Waals surface area contributed by atoms with E-state index in [9.17, 15) is 13.2 Å². The molecule has 0 bridgehead atoms. The Balaban J connectivity index is 1.51. The Labute approximate surface area is 202 Å². The number of piperazine rings is 1. The highest BCUT2D eigenvalue weighted by Gasteiger charge is 2.29. The smallest absolute Gasteiger partial charge is 0.336 e. The predicted octanol–water partition coefficient (Wildman–Crippen LogP) is 4.85. The van der Waals surface area contributed by atoms with E-state index in [-0.39, 0.29) is 5.63 Å². The first kappa shape index (κ1) is 24.6. The van der Waals surface area contributed by atoms with Gasteiger partial charge in [-0.25, -0.2) is 13.2 Å². The fraction of sp³-hybridized carbons (Fsp3) is 0.444. The first-order valence-corrected chi connectivity index (χ1v) is 13.4. The van der Waals surface area contributed by atoms with Gasteiger partial charge in [-0.1, -0.05) is 39.8 Å². The molecule has 0 radical (unpaired) electrons. The molecule has 34 heavy (non-hydrogen) atoms. The van der Waals surface area contributed by atoms with Crippen LogP contribution in [0.15, 0.2) is 56.6 Å². The lowest BCUT2D eigenvalue weighted by molar-refractivity contribution is 0.182. The third-order valence-electron chi connectivity index (χ3n) is 6.75. The van der Waals surface area contributed by atoms with Gasteiger partial charge in [0.05, 0.1) is 4.90 Å². The fourth-order valence-corrected chi connectivity index (χ4v) is 6.11. The van der Waals surface area contributed by atoms with E-state index in [0.29, 0.717) is 55.0 Å². The topological polar surface area (TPSA) is 70.8 Å². The largest absolute Gasteiger partial charge is 0.423 e. The summed E-state index contributed by atoms with van der Waals surface area (Å²) in [6.07, 6.45) is 0. The number of hydrogen-bond acceptors (Lipinski definition) is 5. The number of benzene rings is 2. The summed E-state index contributed by atoms with van der Waals surface area (Å²) < 4.78 is 33.3. The molecule has 0 saturated carbocycles. The van der Waals surface area contributed by atoms with Crippen LogP contribution in [0, 0.1) is 6.92 Å². The van der Waals surface area contributed by atoms with Gasteiger partial charge < -0.3 is 4.42 Å². The van der Waals surface area contributed by atoms with Crippen molar-refractivity contribution in [2.24, 2.45) is 0 Å². The lowest BCUT2D eigenvalue weighted by Crippen LogP contribution is -2.48. The molecule has 0 atom stereocenters. The Kier molecular flexibility index (Phi) is 6.99. The lowest BCUT2D eigenvalue weighted by atomic mass is 9.95. The van der Waals surface area contributed by atoms with E-state index in [1.807, 2.05) is 25.1 Å². The van der Waals surface area contributed by atoms with Crippen molar-refractivity contribution in [1.29, 1.82) is 0 Å². The molecule has 1 saturated heterocycles. The van der Waals surface area contributed by atoms with Gasteiger partial charge in [-0.3, -0.25) is 4.90 Å². The molecule has 4 rings (SSSR count). The van der Waals surface area contributed by atoms with Crippen LogP contribution in [0.4, 0.5) is 0 Å². The summed E-state index contributed by atoms with van der Waals surface area (Å²) >= 11 is 0. The summed E-state index contributed by atoms with van der Waals surface area (Å²) in [5.41, 5.74) is 4.65. The summed E-state index contributed by atoms with van der Waals surface area (Å²) in [6.45, 7) is 13.2. The Morgan fingerprint density at radius 1 is 0.912 bits per heavy atom. The zero-order chi connectivity index (χ0) is 24.6. The second-order valence-corrected chi connectivity index (χ2v) is 11.8. The highest BCUT2D eigenvalue weighted by atomic mass is 32.2. The summed E-state index contributed by atoms with van der Waals surface area (Å²) in [5.74, 6) is 0.727. The van der Waals surface area contributed by atoms with Crippen molar-refractivity contribution < 1.29 is 12.8 Å². The number of aryl methyl sites for hydroxylation is 1. The van der Waals surface area contributed by atoms with E-state index < -0.39 is 10.0 Å². The molecule has 6 nitrogen and oxygen atoms in total. The van der Waals surface area contributed by atoms with Crippen molar-refractivity contribution in [3.05, 3.63) is 75.1 Å². The third-order valence-corrected chi connectivity index (χ3v) is 8.66. The maximum absolute atomic E-state index is 13.1. The Hall–Kier alpha value is -2.48. The molecule has 1 aliphatic heterocycles. The maximum atomic E-state index is 13.1. The first-order valence-electron chi connectivity index (χ1n) is 12.0. The van der Waals surface area contributed by atoms with Crippen LogP contribution >= 0.6 is 0 Å². The van der Waals surface area contributed by atoms with Crippen LogP contribution in [0.1, 0.15) is 61.8 Å². The van der Waals surface area contributed by atoms with Crippen LogP contribution in [0.5, 0.6) is 0 Å². The monoisotopic (exact) mass is 482 g/mol. The van der Waals surface area contributed by atoms with Crippen molar-refractivity contribution in [1.82, 2.24) is 9.21 Å². The number of rotatable bonds is 6. The third kappa shape index (κ3) is 4.97. The SMILES string of the molecule is Cc1cc2oc(=O)cc(CN3CCN(S(=O)(=O)c4ccc(C(C)C)cc4)CC3)c2cc1C(C)C. The highest BCUT2D eigenvalue weighted by molar-refractivity contribution is 7.89. The summed E-state index contributed by atoms with van der Waals surface area (Å²) in [6, 6.07) is 12.9. The number of fused-ring (bicyclic) bond motifs is 1. The normalized spacial score (nSPS) is 16.1. The average Bonchev–Trinajstić information content (AvgIpc) is 2.78. The van der Waals surface area contributed by atoms with Crippen LogP contribution in [0.2, 0.25) is 0 Å².